The zero-order valence-electron chi connectivity index (χ0n) is 12.4. The van der Waals surface area contributed by atoms with Crippen LogP contribution in [0.3, 0.4) is 0 Å². The number of hydrogen-bond acceptors (Lipinski definition) is 5. The third-order valence-corrected chi connectivity index (χ3v) is 4.08. The Morgan fingerprint density at radius 2 is 2.10 bits per heavy atom. The molecule has 1 aliphatic heterocycles. The first kappa shape index (κ1) is 14.8. The van der Waals surface area contributed by atoms with Crippen molar-refractivity contribution in [3.8, 4) is 0 Å². The summed E-state index contributed by atoms with van der Waals surface area (Å²) in [4.78, 5) is 13.0. The summed E-state index contributed by atoms with van der Waals surface area (Å²) in [6, 6.07) is 0.686. The highest BCUT2D eigenvalue weighted by Gasteiger charge is 2.28. The molecule has 0 saturated carbocycles. The normalized spacial score (nSPS) is 21.1. The van der Waals surface area contributed by atoms with E-state index in [-0.39, 0.29) is 17.5 Å². The predicted octanol–water partition coefficient (Wildman–Crippen LogP) is 2.12. The smallest absolute Gasteiger partial charge is 0.333 e. The summed E-state index contributed by atoms with van der Waals surface area (Å²) in [5, 5.41) is 15.3. The van der Waals surface area contributed by atoms with E-state index in [4.69, 9.17) is 5.73 Å². The molecule has 7 heteroatoms. The molecule has 0 aromatic carbocycles. The van der Waals surface area contributed by atoms with Gasteiger partial charge in [0.2, 0.25) is 5.82 Å². The summed E-state index contributed by atoms with van der Waals surface area (Å²) in [5.41, 5.74) is 6.28. The molecule has 7 nitrogen and oxygen atoms in total. The third kappa shape index (κ3) is 2.77. The molecule has 0 amide bonds. The Bertz CT molecular complexity index is 497. The van der Waals surface area contributed by atoms with E-state index in [2.05, 4.69) is 23.8 Å². The van der Waals surface area contributed by atoms with Gasteiger partial charge in [-0.2, -0.15) is 5.10 Å². The van der Waals surface area contributed by atoms with E-state index in [9.17, 15) is 10.1 Å². The monoisotopic (exact) mass is 281 g/mol. The summed E-state index contributed by atoms with van der Waals surface area (Å²) in [6.45, 7) is 8.07. The maximum Gasteiger partial charge on any atom is 0.333 e. The van der Waals surface area contributed by atoms with E-state index < -0.39 is 4.92 Å². The maximum atomic E-state index is 11.0. The maximum absolute atomic E-state index is 11.0. The SMILES string of the molecule is Cc1nn(C2CCCN(C(C)C)CC2)c(N)c1[N+](=O)[O-]. The van der Waals surface area contributed by atoms with Crippen molar-refractivity contribution in [1.82, 2.24) is 14.7 Å². The van der Waals surface area contributed by atoms with Gasteiger partial charge in [0.15, 0.2) is 0 Å². The molecular weight excluding hydrogens is 258 g/mol. The Morgan fingerprint density at radius 3 is 2.65 bits per heavy atom. The lowest BCUT2D eigenvalue weighted by atomic mass is 10.1. The highest BCUT2D eigenvalue weighted by molar-refractivity contribution is 5.56. The summed E-state index contributed by atoms with van der Waals surface area (Å²) in [5.74, 6) is 0.190. The zero-order valence-corrected chi connectivity index (χ0v) is 12.4. The van der Waals surface area contributed by atoms with Crippen LogP contribution in [0, 0.1) is 17.0 Å². The number of nitrogens with zero attached hydrogens (tertiary/aromatic N) is 4. The molecule has 1 unspecified atom stereocenters. The molecule has 0 radical (unpaired) electrons. The number of nitrogen functional groups attached to an aromatic ring is 1. The second-order valence-corrected chi connectivity index (χ2v) is 5.74. The van der Waals surface area contributed by atoms with Crippen LogP contribution >= 0.6 is 0 Å². The lowest BCUT2D eigenvalue weighted by Gasteiger charge is -2.24. The van der Waals surface area contributed by atoms with Gasteiger partial charge in [0.05, 0.1) is 11.0 Å². The molecule has 1 atom stereocenters. The average Bonchev–Trinajstić information content (AvgIpc) is 2.55. The molecule has 1 fully saturated rings. The van der Waals surface area contributed by atoms with Gasteiger partial charge < -0.3 is 10.6 Å². The third-order valence-electron chi connectivity index (χ3n) is 4.08. The predicted molar refractivity (Wildman–Crippen MR) is 77.6 cm³/mol. The van der Waals surface area contributed by atoms with Crippen LogP contribution in [0.4, 0.5) is 11.5 Å². The number of anilines is 1. The van der Waals surface area contributed by atoms with E-state index in [1.54, 1.807) is 11.6 Å². The first-order valence-corrected chi connectivity index (χ1v) is 7.14. The zero-order chi connectivity index (χ0) is 14.9. The van der Waals surface area contributed by atoms with Gasteiger partial charge in [-0.1, -0.05) is 0 Å². The van der Waals surface area contributed by atoms with Crippen molar-refractivity contribution in [2.24, 2.45) is 0 Å². The van der Waals surface area contributed by atoms with Crippen LogP contribution in [0.5, 0.6) is 0 Å². The molecule has 2 N–H and O–H groups in total. The minimum atomic E-state index is -0.439. The first-order chi connectivity index (χ1) is 9.41. The van der Waals surface area contributed by atoms with E-state index in [0.717, 1.165) is 32.4 Å². The van der Waals surface area contributed by atoms with Crippen molar-refractivity contribution in [2.45, 2.75) is 52.1 Å². The number of rotatable bonds is 3. The molecule has 0 bridgehead atoms. The topological polar surface area (TPSA) is 90.2 Å². The molecule has 0 aliphatic carbocycles. The fourth-order valence-electron chi connectivity index (χ4n) is 2.92. The number of hydrogen-bond donors (Lipinski definition) is 1. The highest BCUT2D eigenvalue weighted by Crippen LogP contribution is 2.32. The molecule has 1 saturated heterocycles. The molecule has 1 aliphatic rings. The van der Waals surface area contributed by atoms with Crippen molar-refractivity contribution < 1.29 is 4.92 Å². The summed E-state index contributed by atoms with van der Waals surface area (Å²) in [6.07, 6.45) is 2.96. The second-order valence-electron chi connectivity index (χ2n) is 5.74. The van der Waals surface area contributed by atoms with Gasteiger partial charge in [-0.15, -0.1) is 0 Å². The van der Waals surface area contributed by atoms with Crippen LogP contribution in [0.25, 0.3) is 0 Å². The summed E-state index contributed by atoms with van der Waals surface area (Å²) in [7, 11) is 0. The Kier molecular flexibility index (Phi) is 4.27. The quantitative estimate of drug-likeness (QED) is 0.677. The molecule has 112 valence electrons. The van der Waals surface area contributed by atoms with E-state index in [0.29, 0.717) is 11.7 Å². The van der Waals surface area contributed by atoms with Crippen LogP contribution in [0.1, 0.15) is 44.8 Å². The van der Waals surface area contributed by atoms with E-state index in [1.165, 1.54) is 0 Å². The van der Waals surface area contributed by atoms with Crippen molar-refractivity contribution >= 4 is 11.5 Å². The Morgan fingerprint density at radius 1 is 1.40 bits per heavy atom. The largest absolute Gasteiger partial charge is 0.378 e. The van der Waals surface area contributed by atoms with Crippen molar-refractivity contribution in [1.29, 1.82) is 0 Å². The lowest BCUT2D eigenvalue weighted by Crippen LogP contribution is -2.31. The Hall–Kier alpha value is -1.63. The molecule has 2 heterocycles. The molecule has 0 spiro atoms. The van der Waals surface area contributed by atoms with Crippen LogP contribution in [0.2, 0.25) is 0 Å². The van der Waals surface area contributed by atoms with Gasteiger partial charge in [0, 0.05) is 12.6 Å². The van der Waals surface area contributed by atoms with Gasteiger partial charge in [-0.05, 0) is 46.6 Å². The fourth-order valence-corrected chi connectivity index (χ4v) is 2.92. The first-order valence-electron chi connectivity index (χ1n) is 7.14. The van der Waals surface area contributed by atoms with Crippen molar-refractivity contribution in [3.05, 3.63) is 15.8 Å². The van der Waals surface area contributed by atoms with Gasteiger partial charge in [0.1, 0.15) is 5.69 Å². The molecule has 1 aromatic heterocycles. The highest BCUT2D eigenvalue weighted by atomic mass is 16.6. The van der Waals surface area contributed by atoms with Crippen LogP contribution in [-0.4, -0.2) is 38.7 Å². The minimum Gasteiger partial charge on any atom is -0.378 e. The van der Waals surface area contributed by atoms with Crippen LogP contribution in [-0.2, 0) is 0 Å². The Balaban J connectivity index is 2.20. The summed E-state index contributed by atoms with van der Waals surface area (Å²) >= 11 is 0. The average molecular weight is 281 g/mol. The van der Waals surface area contributed by atoms with Gasteiger partial charge in [-0.25, -0.2) is 4.68 Å². The molecular formula is C13H23N5O2. The van der Waals surface area contributed by atoms with Gasteiger partial charge in [-0.3, -0.25) is 10.1 Å². The van der Waals surface area contributed by atoms with Crippen molar-refractivity contribution in [3.63, 3.8) is 0 Å². The number of aryl methyl sites for hydroxylation is 1. The number of likely N-dealkylation sites (tertiary alicyclic amines) is 1. The Labute approximate surface area is 118 Å². The van der Waals surface area contributed by atoms with Gasteiger partial charge in [0.25, 0.3) is 0 Å². The van der Waals surface area contributed by atoms with Gasteiger partial charge >= 0.3 is 5.69 Å². The van der Waals surface area contributed by atoms with Crippen LogP contribution < -0.4 is 5.73 Å². The number of nitro groups is 1. The standard InChI is InChI=1S/C13H23N5O2/c1-9(2)16-7-4-5-11(6-8-16)17-13(14)12(18(19)20)10(3)15-17/h9,11H,4-8,14H2,1-3H3. The van der Waals surface area contributed by atoms with E-state index >= 15 is 0 Å². The van der Waals surface area contributed by atoms with E-state index in [1.807, 2.05) is 0 Å². The molecule has 1 aromatic rings. The molecule has 2 rings (SSSR count). The number of nitrogens with two attached hydrogens (primary N) is 1. The molecule has 20 heavy (non-hydrogen) atoms. The second kappa shape index (κ2) is 5.78. The minimum absolute atomic E-state index is 0.0463. The number of aromatic nitrogens is 2. The van der Waals surface area contributed by atoms with Crippen LogP contribution in [0.15, 0.2) is 0 Å². The fraction of sp³-hybridized carbons (Fsp3) is 0.769. The lowest BCUT2D eigenvalue weighted by molar-refractivity contribution is -0.384. The van der Waals surface area contributed by atoms with Crippen molar-refractivity contribution in [2.75, 3.05) is 18.8 Å². The summed E-state index contributed by atoms with van der Waals surface area (Å²) < 4.78 is 1.66.